The van der Waals surface area contributed by atoms with Crippen LogP contribution in [0.3, 0.4) is 0 Å². The van der Waals surface area contributed by atoms with Gasteiger partial charge in [0.15, 0.2) is 11.6 Å². The monoisotopic (exact) mass is 404 g/mol. The lowest BCUT2D eigenvalue weighted by Gasteiger charge is -2.07. The molecule has 0 bridgehead atoms. The molecule has 0 unspecified atom stereocenters. The van der Waals surface area contributed by atoms with Crippen molar-refractivity contribution in [1.82, 2.24) is 29.3 Å². The first-order valence-corrected chi connectivity index (χ1v) is 9.38. The summed E-state index contributed by atoms with van der Waals surface area (Å²) in [5, 5.41) is 7.77. The number of nitrogens with zero attached hydrogens (tertiary/aromatic N) is 5. The van der Waals surface area contributed by atoms with Crippen LogP contribution in [-0.4, -0.2) is 36.4 Å². The van der Waals surface area contributed by atoms with E-state index < -0.39 is 5.82 Å². The third kappa shape index (κ3) is 3.03. The lowest BCUT2D eigenvalue weighted by atomic mass is 10.2. The maximum absolute atomic E-state index is 15.0. The van der Waals surface area contributed by atoms with Crippen LogP contribution in [0, 0.1) is 5.82 Å². The fourth-order valence-corrected chi connectivity index (χ4v) is 3.34. The summed E-state index contributed by atoms with van der Waals surface area (Å²) >= 11 is 6.13. The number of methoxy groups -OCH3 is 1. The molecule has 0 aliphatic carbocycles. The summed E-state index contributed by atoms with van der Waals surface area (Å²) in [7, 11) is 3.21. The predicted octanol–water partition coefficient (Wildman–Crippen LogP) is 4.54. The minimum absolute atomic E-state index is 0.0615. The standard InChI is InChI=1S/C17H16ClFN6O.C2H6/c1-4-11-21-17(23-22-11)16-15(25-6-5-20-8-25)9-7-10(26-3)12(18)13(19)14(9)24(16)2;1-2/h5-8H,4H2,1-3H3,(H,21,22,23);1-2H3. The highest BCUT2D eigenvalue weighted by Gasteiger charge is 2.26. The highest BCUT2D eigenvalue weighted by atomic mass is 35.5. The zero-order valence-corrected chi connectivity index (χ0v) is 17.2. The third-order valence-electron chi connectivity index (χ3n) is 4.36. The Balaban J connectivity index is 0.00000109. The number of H-pyrrole nitrogens is 1. The van der Waals surface area contributed by atoms with Crippen LogP contribution in [0.25, 0.3) is 28.1 Å². The first-order valence-electron chi connectivity index (χ1n) is 9.01. The molecular weight excluding hydrogens is 383 g/mol. The van der Waals surface area contributed by atoms with Crippen molar-refractivity contribution in [2.75, 3.05) is 7.11 Å². The van der Waals surface area contributed by atoms with E-state index in [1.165, 1.54) is 7.11 Å². The second-order valence-electron chi connectivity index (χ2n) is 5.79. The third-order valence-corrected chi connectivity index (χ3v) is 4.71. The number of hydrogen-bond acceptors (Lipinski definition) is 4. The molecule has 0 amide bonds. The van der Waals surface area contributed by atoms with Crippen LogP contribution >= 0.6 is 11.6 Å². The van der Waals surface area contributed by atoms with Crippen molar-refractivity contribution in [2.45, 2.75) is 27.2 Å². The number of nitrogens with one attached hydrogen (secondary N) is 1. The number of halogens is 2. The van der Waals surface area contributed by atoms with Gasteiger partial charge in [-0.1, -0.05) is 32.4 Å². The highest BCUT2D eigenvalue weighted by molar-refractivity contribution is 6.33. The van der Waals surface area contributed by atoms with Gasteiger partial charge in [-0.05, 0) is 6.07 Å². The number of aromatic amines is 1. The molecule has 9 heteroatoms. The van der Waals surface area contributed by atoms with E-state index in [2.05, 4.69) is 20.2 Å². The summed E-state index contributed by atoms with van der Waals surface area (Å²) in [6.07, 6.45) is 5.79. The van der Waals surface area contributed by atoms with Gasteiger partial charge in [0.2, 0.25) is 0 Å². The lowest BCUT2D eigenvalue weighted by molar-refractivity contribution is 0.412. The Labute approximate surface area is 167 Å². The van der Waals surface area contributed by atoms with Crippen LogP contribution in [0.1, 0.15) is 26.6 Å². The number of benzene rings is 1. The molecule has 0 spiro atoms. The fourth-order valence-electron chi connectivity index (χ4n) is 3.12. The molecular formula is C19H22ClFN6O. The van der Waals surface area contributed by atoms with Gasteiger partial charge in [-0.25, -0.2) is 14.4 Å². The molecule has 0 atom stereocenters. The summed E-state index contributed by atoms with van der Waals surface area (Å²) in [6.45, 7) is 5.98. The summed E-state index contributed by atoms with van der Waals surface area (Å²) in [6, 6.07) is 1.72. The Hall–Kier alpha value is -2.87. The van der Waals surface area contributed by atoms with Gasteiger partial charge in [0.25, 0.3) is 0 Å². The molecule has 7 nitrogen and oxygen atoms in total. The highest BCUT2D eigenvalue weighted by Crippen LogP contribution is 2.41. The molecule has 28 heavy (non-hydrogen) atoms. The molecule has 3 heterocycles. The van der Waals surface area contributed by atoms with Gasteiger partial charge in [0, 0.05) is 31.2 Å². The minimum Gasteiger partial charge on any atom is -0.495 e. The number of ether oxygens (including phenoxy) is 1. The van der Waals surface area contributed by atoms with Gasteiger partial charge in [0.1, 0.15) is 22.3 Å². The smallest absolute Gasteiger partial charge is 0.199 e. The van der Waals surface area contributed by atoms with Crippen LogP contribution in [0.5, 0.6) is 5.75 Å². The van der Waals surface area contributed by atoms with E-state index in [1.54, 1.807) is 41.0 Å². The molecule has 4 rings (SSSR count). The Morgan fingerprint density at radius 1 is 1.32 bits per heavy atom. The average Bonchev–Trinajstić information content (AvgIpc) is 3.45. The number of imidazole rings is 1. The molecule has 0 aliphatic heterocycles. The topological polar surface area (TPSA) is 73.5 Å². The van der Waals surface area contributed by atoms with Crippen molar-refractivity contribution in [3.05, 3.63) is 41.5 Å². The van der Waals surface area contributed by atoms with E-state index in [0.717, 1.165) is 5.82 Å². The van der Waals surface area contributed by atoms with E-state index in [9.17, 15) is 0 Å². The maximum atomic E-state index is 15.0. The van der Waals surface area contributed by atoms with E-state index >= 15 is 4.39 Å². The largest absolute Gasteiger partial charge is 0.495 e. The fraction of sp³-hybridized carbons (Fsp3) is 0.316. The van der Waals surface area contributed by atoms with Gasteiger partial charge in [-0.2, -0.15) is 5.10 Å². The van der Waals surface area contributed by atoms with Crippen LogP contribution in [0.4, 0.5) is 4.39 Å². The van der Waals surface area contributed by atoms with Crippen molar-refractivity contribution < 1.29 is 9.13 Å². The molecule has 0 fully saturated rings. The first-order chi connectivity index (χ1) is 13.6. The Morgan fingerprint density at radius 2 is 2.07 bits per heavy atom. The van der Waals surface area contributed by atoms with Crippen molar-refractivity contribution in [1.29, 1.82) is 0 Å². The van der Waals surface area contributed by atoms with Gasteiger partial charge in [-0.3, -0.25) is 5.10 Å². The number of aryl methyl sites for hydroxylation is 2. The zero-order chi connectivity index (χ0) is 20.4. The molecule has 3 aromatic heterocycles. The Bertz CT molecular complexity index is 1100. The van der Waals surface area contributed by atoms with Crippen molar-refractivity contribution in [3.8, 4) is 23.0 Å². The van der Waals surface area contributed by atoms with Gasteiger partial charge >= 0.3 is 0 Å². The Morgan fingerprint density at radius 3 is 2.64 bits per heavy atom. The molecule has 1 N–H and O–H groups in total. The SMILES string of the molecule is CC.CCc1nc(-c2c(-n3ccnc3)c3cc(OC)c(Cl)c(F)c3n2C)n[nH]1. The maximum Gasteiger partial charge on any atom is 0.199 e. The second-order valence-corrected chi connectivity index (χ2v) is 6.17. The van der Waals surface area contributed by atoms with Crippen molar-refractivity contribution >= 4 is 22.5 Å². The summed E-state index contributed by atoms with van der Waals surface area (Å²) in [5.74, 6) is 0.929. The van der Waals surface area contributed by atoms with Crippen molar-refractivity contribution in [3.63, 3.8) is 0 Å². The quantitative estimate of drug-likeness (QED) is 0.542. The van der Waals surface area contributed by atoms with E-state index in [4.69, 9.17) is 16.3 Å². The summed E-state index contributed by atoms with van der Waals surface area (Å²) in [4.78, 5) is 8.62. The summed E-state index contributed by atoms with van der Waals surface area (Å²) < 4.78 is 23.8. The lowest BCUT2D eigenvalue weighted by Crippen LogP contribution is -1.99. The summed E-state index contributed by atoms with van der Waals surface area (Å²) in [5.41, 5.74) is 1.70. The second kappa shape index (κ2) is 8.02. The molecule has 0 aliphatic rings. The number of fused-ring (bicyclic) bond motifs is 1. The van der Waals surface area contributed by atoms with Crippen LogP contribution < -0.4 is 4.74 Å². The molecule has 0 radical (unpaired) electrons. The first kappa shape index (κ1) is 19.9. The van der Waals surface area contributed by atoms with Gasteiger partial charge in [-0.15, -0.1) is 0 Å². The molecule has 1 aromatic carbocycles. The van der Waals surface area contributed by atoms with E-state index in [1.807, 2.05) is 20.8 Å². The van der Waals surface area contributed by atoms with Gasteiger partial charge < -0.3 is 13.9 Å². The number of hydrogen-bond donors (Lipinski definition) is 1. The van der Waals surface area contributed by atoms with Crippen LogP contribution in [0.2, 0.25) is 5.02 Å². The van der Waals surface area contributed by atoms with Crippen LogP contribution in [-0.2, 0) is 13.5 Å². The Kier molecular flexibility index (Phi) is 5.69. The van der Waals surface area contributed by atoms with E-state index in [0.29, 0.717) is 34.5 Å². The number of rotatable bonds is 4. The zero-order valence-electron chi connectivity index (χ0n) is 16.4. The normalized spacial score (nSPS) is 10.8. The molecule has 0 saturated heterocycles. The molecule has 0 saturated carbocycles. The minimum atomic E-state index is -0.553. The predicted molar refractivity (Wildman–Crippen MR) is 108 cm³/mol. The van der Waals surface area contributed by atoms with E-state index in [-0.39, 0.29) is 10.8 Å². The number of aromatic nitrogens is 6. The van der Waals surface area contributed by atoms with Gasteiger partial charge in [0.05, 0.1) is 24.6 Å². The molecule has 148 valence electrons. The van der Waals surface area contributed by atoms with Crippen LogP contribution in [0.15, 0.2) is 24.8 Å². The van der Waals surface area contributed by atoms with Crippen molar-refractivity contribution in [2.24, 2.45) is 7.05 Å². The molecule has 4 aromatic rings. The average molecular weight is 405 g/mol.